The molecule has 38 heavy (non-hydrogen) atoms. The van der Waals surface area contributed by atoms with Gasteiger partial charge in [-0.2, -0.15) is 0 Å². The van der Waals surface area contributed by atoms with Gasteiger partial charge in [0.1, 0.15) is 0 Å². The minimum atomic E-state index is -0.351. The van der Waals surface area contributed by atoms with Crippen molar-refractivity contribution in [2.75, 3.05) is 0 Å². The first-order valence-corrected chi connectivity index (χ1v) is 14.1. The summed E-state index contributed by atoms with van der Waals surface area (Å²) < 4.78 is 25.5. The van der Waals surface area contributed by atoms with Crippen molar-refractivity contribution in [3.8, 4) is 11.1 Å². The minimum Gasteiger partial charge on any atom is -0.399 e. The molecule has 0 amide bonds. The molecule has 0 bridgehead atoms. The van der Waals surface area contributed by atoms with Gasteiger partial charge in [-0.3, -0.25) is 0 Å². The highest BCUT2D eigenvalue weighted by Gasteiger charge is 2.53. The lowest BCUT2D eigenvalue weighted by Gasteiger charge is -2.32. The van der Waals surface area contributed by atoms with Gasteiger partial charge in [0.15, 0.2) is 0 Å². The molecule has 3 aromatic rings. The Morgan fingerprint density at radius 2 is 1.21 bits per heavy atom. The number of rotatable bonds is 3. The average Bonchev–Trinajstić information content (AvgIpc) is 3.40. The largest absolute Gasteiger partial charge is 0.495 e. The van der Waals surface area contributed by atoms with E-state index in [9.17, 15) is 0 Å². The predicted molar refractivity (Wildman–Crippen MR) is 158 cm³/mol. The van der Waals surface area contributed by atoms with Crippen molar-refractivity contribution in [3.05, 3.63) is 59.7 Å². The molecule has 3 aromatic carbocycles. The fraction of sp³-hybridized carbons (Fsp3) is 0.500. The molecule has 0 saturated carbocycles. The van der Waals surface area contributed by atoms with E-state index in [1.54, 1.807) is 0 Å². The summed E-state index contributed by atoms with van der Waals surface area (Å²) in [6.07, 6.45) is 2.24. The summed E-state index contributed by atoms with van der Waals surface area (Å²) in [5.41, 5.74) is 6.31. The second kappa shape index (κ2) is 8.44. The molecule has 3 aliphatic rings. The van der Waals surface area contributed by atoms with Crippen molar-refractivity contribution in [3.63, 3.8) is 0 Å². The van der Waals surface area contributed by atoms with E-state index >= 15 is 0 Å². The quantitative estimate of drug-likeness (QED) is 0.396. The maximum Gasteiger partial charge on any atom is 0.495 e. The summed E-state index contributed by atoms with van der Waals surface area (Å²) in [7, 11) is -0.676. The summed E-state index contributed by atoms with van der Waals surface area (Å²) in [6.45, 7) is 19.2. The van der Waals surface area contributed by atoms with E-state index in [1.807, 2.05) is 0 Å². The highest BCUT2D eigenvalue weighted by atomic mass is 16.7. The van der Waals surface area contributed by atoms with Gasteiger partial charge in [-0.15, -0.1) is 0 Å². The number of fused-ring (bicyclic) bond motifs is 2. The lowest BCUT2D eigenvalue weighted by atomic mass is 9.72. The lowest BCUT2D eigenvalue weighted by Crippen LogP contribution is -2.41. The van der Waals surface area contributed by atoms with E-state index in [0.717, 1.165) is 18.3 Å². The fourth-order valence-corrected chi connectivity index (χ4v) is 6.04. The van der Waals surface area contributed by atoms with Crippen LogP contribution in [0.3, 0.4) is 0 Å². The molecule has 0 spiro atoms. The molecule has 1 unspecified atom stereocenters. The summed E-state index contributed by atoms with van der Waals surface area (Å²) in [5, 5.41) is 2.41. The maximum absolute atomic E-state index is 6.46. The third kappa shape index (κ3) is 3.99. The van der Waals surface area contributed by atoms with E-state index < -0.39 is 0 Å². The zero-order valence-electron chi connectivity index (χ0n) is 24.4. The summed E-state index contributed by atoms with van der Waals surface area (Å²) in [4.78, 5) is 0. The Morgan fingerprint density at radius 3 is 1.84 bits per heavy atom. The van der Waals surface area contributed by atoms with Gasteiger partial charge in [0.25, 0.3) is 0 Å². The van der Waals surface area contributed by atoms with Crippen molar-refractivity contribution in [1.82, 2.24) is 0 Å². The van der Waals surface area contributed by atoms with Crippen LogP contribution in [-0.4, -0.2) is 36.6 Å². The van der Waals surface area contributed by atoms with Crippen molar-refractivity contribution in [2.45, 2.75) is 103 Å². The van der Waals surface area contributed by atoms with Crippen LogP contribution in [0, 0.1) is 0 Å². The SMILES string of the molecule is CC1CCc2c(-c3ccc4cc(B5OC(C)(C)C(C)(C)O5)ccc4c3)ccc(B3OC(C)(C)C(C)(C)O3)c21. The second-order valence-corrected chi connectivity index (χ2v) is 13.5. The van der Waals surface area contributed by atoms with Gasteiger partial charge in [-0.25, -0.2) is 0 Å². The number of hydrogen-bond donors (Lipinski definition) is 0. The molecule has 0 N–H and O–H groups in total. The zero-order chi connectivity index (χ0) is 27.3. The normalized spacial score (nSPS) is 24.8. The van der Waals surface area contributed by atoms with Crippen LogP contribution in [0.4, 0.5) is 0 Å². The first-order valence-electron chi connectivity index (χ1n) is 14.1. The summed E-state index contributed by atoms with van der Waals surface area (Å²) in [6, 6.07) is 17.9. The van der Waals surface area contributed by atoms with Crippen LogP contribution in [0.25, 0.3) is 21.9 Å². The Bertz CT molecular complexity index is 1390. The minimum absolute atomic E-state index is 0.326. The molecule has 6 rings (SSSR count). The smallest absolute Gasteiger partial charge is 0.399 e. The Morgan fingerprint density at radius 1 is 0.658 bits per heavy atom. The maximum atomic E-state index is 6.46. The van der Waals surface area contributed by atoms with Crippen LogP contribution < -0.4 is 10.9 Å². The Hall–Kier alpha value is -2.11. The third-order valence-corrected chi connectivity index (χ3v) is 9.92. The molecule has 4 nitrogen and oxygen atoms in total. The van der Waals surface area contributed by atoms with Crippen LogP contribution in [0.2, 0.25) is 0 Å². The van der Waals surface area contributed by atoms with Gasteiger partial charge in [0, 0.05) is 0 Å². The molecule has 6 heteroatoms. The predicted octanol–water partition coefficient (Wildman–Crippen LogP) is 6.15. The molecule has 198 valence electrons. The molecule has 2 aliphatic heterocycles. The topological polar surface area (TPSA) is 36.9 Å². The molecular weight excluding hydrogens is 470 g/mol. The summed E-state index contributed by atoms with van der Waals surface area (Å²) in [5.74, 6) is 0.488. The van der Waals surface area contributed by atoms with Gasteiger partial charge in [-0.05, 0) is 124 Å². The van der Waals surface area contributed by atoms with Gasteiger partial charge >= 0.3 is 14.2 Å². The lowest BCUT2D eigenvalue weighted by molar-refractivity contribution is 0.00578. The van der Waals surface area contributed by atoms with E-state index in [4.69, 9.17) is 18.6 Å². The third-order valence-electron chi connectivity index (χ3n) is 9.92. The summed E-state index contributed by atoms with van der Waals surface area (Å²) >= 11 is 0. The first-order chi connectivity index (χ1) is 17.7. The van der Waals surface area contributed by atoms with Crippen LogP contribution in [0.15, 0.2) is 48.5 Å². The molecule has 2 fully saturated rings. The highest BCUT2D eigenvalue weighted by Crippen LogP contribution is 2.42. The second-order valence-electron chi connectivity index (χ2n) is 13.5. The molecular formula is C32H40B2O4. The van der Waals surface area contributed by atoms with E-state index in [-0.39, 0.29) is 36.6 Å². The van der Waals surface area contributed by atoms with Gasteiger partial charge in [0.05, 0.1) is 22.4 Å². The van der Waals surface area contributed by atoms with Gasteiger partial charge in [0.2, 0.25) is 0 Å². The average molecular weight is 510 g/mol. The molecule has 0 radical (unpaired) electrons. The van der Waals surface area contributed by atoms with Crippen molar-refractivity contribution < 1.29 is 18.6 Å². The van der Waals surface area contributed by atoms with E-state index in [0.29, 0.717) is 5.92 Å². The number of benzene rings is 3. The van der Waals surface area contributed by atoms with Crippen LogP contribution in [0.5, 0.6) is 0 Å². The van der Waals surface area contributed by atoms with Crippen molar-refractivity contribution >= 4 is 35.9 Å². The van der Waals surface area contributed by atoms with Gasteiger partial charge in [-0.1, -0.05) is 49.4 Å². The molecule has 2 saturated heterocycles. The van der Waals surface area contributed by atoms with Crippen LogP contribution in [0.1, 0.15) is 85.8 Å². The fourth-order valence-electron chi connectivity index (χ4n) is 6.04. The first kappa shape index (κ1) is 26.1. The Balaban J connectivity index is 1.34. The zero-order valence-corrected chi connectivity index (χ0v) is 24.4. The molecule has 2 heterocycles. The Labute approximate surface area is 228 Å². The van der Waals surface area contributed by atoms with Crippen LogP contribution in [-0.2, 0) is 25.0 Å². The molecule has 0 aromatic heterocycles. The number of hydrogen-bond acceptors (Lipinski definition) is 4. The highest BCUT2D eigenvalue weighted by molar-refractivity contribution is 6.63. The monoisotopic (exact) mass is 510 g/mol. The Kier molecular flexibility index (Phi) is 5.81. The van der Waals surface area contributed by atoms with E-state index in [1.165, 1.54) is 38.5 Å². The molecule has 1 atom stereocenters. The van der Waals surface area contributed by atoms with Gasteiger partial charge < -0.3 is 18.6 Å². The standard InChI is InChI=1S/C32H40B2O4/c1-20-10-15-26-25(16-17-27(28(20)26)34-37-31(6,7)32(8,9)38-34)23-12-11-22-19-24(14-13-21(22)18-23)33-35-29(2,3)30(4,5)36-33/h11-14,16-20H,10,15H2,1-9H3. The van der Waals surface area contributed by atoms with Crippen LogP contribution >= 0.6 is 0 Å². The van der Waals surface area contributed by atoms with Crippen molar-refractivity contribution in [2.24, 2.45) is 0 Å². The molecule has 1 aliphatic carbocycles. The van der Waals surface area contributed by atoms with E-state index in [2.05, 4.69) is 111 Å². The van der Waals surface area contributed by atoms with Crippen molar-refractivity contribution in [1.29, 1.82) is 0 Å².